The summed E-state index contributed by atoms with van der Waals surface area (Å²) in [5.74, 6) is -2.74. The molecule has 0 aromatic heterocycles. The third-order valence-corrected chi connectivity index (χ3v) is 7.70. The molecule has 2 aliphatic heterocycles. The average molecular weight is 528 g/mol. The van der Waals surface area contributed by atoms with Gasteiger partial charge in [-0.25, -0.2) is 14.5 Å². The lowest BCUT2D eigenvalue weighted by molar-refractivity contribution is -0.174. The van der Waals surface area contributed by atoms with E-state index in [9.17, 15) is 14.4 Å². The van der Waals surface area contributed by atoms with Crippen molar-refractivity contribution in [3.05, 3.63) is 108 Å². The lowest BCUT2D eigenvalue weighted by Gasteiger charge is -2.35. The van der Waals surface area contributed by atoms with Crippen molar-refractivity contribution in [2.45, 2.75) is 44.4 Å². The fourth-order valence-electron chi connectivity index (χ4n) is 5.87. The second kappa shape index (κ2) is 11.0. The minimum Gasteiger partial charge on any atom is -0.464 e. The number of carbonyl (C=O) groups is 3. The van der Waals surface area contributed by atoms with Crippen LogP contribution >= 0.6 is 0 Å². The third kappa shape index (κ3) is 4.61. The van der Waals surface area contributed by atoms with Gasteiger partial charge in [-0.3, -0.25) is 4.79 Å². The van der Waals surface area contributed by atoms with E-state index in [1.807, 2.05) is 105 Å². The van der Waals surface area contributed by atoms with Crippen LogP contribution in [0, 0.1) is 11.8 Å². The molecular weight excluding hydrogens is 494 g/mol. The van der Waals surface area contributed by atoms with E-state index in [-0.39, 0.29) is 19.1 Å². The molecule has 2 amide bonds. The van der Waals surface area contributed by atoms with E-state index >= 15 is 0 Å². The monoisotopic (exact) mass is 527 g/mol. The van der Waals surface area contributed by atoms with Gasteiger partial charge in [-0.1, -0.05) is 105 Å². The predicted molar refractivity (Wildman–Crippen MR) is 145 cm³/mol. The molecule has 0 N–H and O–H groups in total. The number of hydrogen-bond acceptors (Lipinski definition) is 6. The molecule has 3 aromatic carbocycles. The van der Waals surface area contributed by atoms with Gasteiger partial charge in [0.2, 0.25) is 5.91 Å². The van der Waals surface area contributed by atoms with Crippen LogP contribution in [0.25, 0.3) is 0 Å². The van der Waals surface area contributed by atoms with E-state index < -0.39 is 47.6 Å². The summed E-state index contributed by atoms with van der Waals surface area (Å²) >= 11 is 0. The summed E-state index contributed by atoms with van der Waals surface area (Å²) in [5.41, 5.74) is 0.404. The van der Waals surface area contributed by atoms with Gasteiger partial charge in [0.25, 0.3) is 0 Å². The van der Waals surface area contributed by atoms with E-state index in [0.717, 1.165) is 11.1 Å². The Hall–Kier alpha value is -3.97. The second-order valence-corrected chi connectivity index (χ2v) is 10.3. The summed E-state index contributed by atoms with van der Waals surface area (Å²) in [6.45, 7) is 5.92. The van der Waals surface area contributed by atoms with Gasteiger partial charge in [-0.05, 0) is 29.5 Å². The number of nitrogens with zero attached hydrogens (tertiary/aromatic N) is 1. The highest BCUT2D eigenvalue weighted by Crippen LogP contribution is 2.59. The van der Waals surface area contributed by atoms with Crippen LogP contribution in [0.2, 0.25) is 0 Å². The highest BCUT2D eigenvalue weighted by Gasteiger charge is 2.65. The fraction of sp³-hybridized carbons (Fsp3) is 0.344. The molecule has 0 saturated carbocycles. The van der Waals surface area contributed by atoms with Gasteiger partial charge in [-0.2, -0.15) is 0 Å². The number of ether oxygens (including phenoxy) is 3. The molecule has 0 aliphatic carbocycles. The molecule has 3 aromatic rings. The minimum absolute atomic E-state index is 0.0167. The van der Waals surface area contributed by atoms with Crippen LogP contribution in [-0.4, -0.2) is 42.1 Å². The number of amides is 2. The number of esters is 1. The molecule has 2 fully saturated rings. The summed E-state index contributed by atoms with van der Waals surface area (Å²) in [6, 6.07) is 27.5. The van der Waals surface area contributed by atoms with Gasteiger partial charge >= 0.3 is 12.1 Å². The highest BCUT2D eigenvalue weighted by atomic mass is 16.6. The quantitative estimate of drug-likeness (QED) is 0.371. The fourth-order valence-corrected chi connectivity index (χ4v) is 5.87. The van der Waals surface area contributed by atoms with Gasteiger partial charge in [0, 0.05) is 5.92 Å². The summed E-state index contributed by atoms with van der Waals surface area (Å²) in [5, 5.41) is 0. The Morgan fingerprint density at radius 1 is 0.923 bits per heavy atom. The molecule has 7 heteroatoms. The maximum absolute atomic E-state index is 14.6. The van der Waals surface area contributed by atoms with Crippen LogP contribution in [0.5, 0.6) is 0 Å². The number of carbonyl (C=O) groups excluding carboxylic acids is 3. The summed E-state index contributed by atoms with van der Waals surface area (Å²) in [6.07, 6.45) is -1.51. The first kappa shape index (κ1) is 26.6. The zero-order valence-corrected chi connectivity index (χ0v) is 22.4. The lowest BCUT2D eigenvalue weighted by Crippen LogP contribution is -2.48. The molecule has 2 heterocycles. The van der Waals surface area contributed by atoms with Gasteiger partial charge in [-0.15, -0.1) is 0 Å². The molecule has 0 unspecified atom stereocenters. The second-order valence-electron chi connectivity index (χ2n) is 10.3. The van der Waals surface area contributed by atoms with Crippen molar-refractivity contribution in [1.82, 2.24) is 4.90 Å². The lowest BCUT2D eigenvalue weighted by atomic mass is 9.70. The highest BCUT2D eigenvalue weighted by molar-refractivity contribution is 5.97. The summed E-state index contributed by atoms with van der Waals surface area (Å²) < 4.78 is 17.9. The molecule has 0 radical (unpaired) electrons. The van der Waals surface area contributed by atoms with Crippen molar-refractivity contribution in [2.75, 3.05) is 13.2 Å². The van der Waals surface area contributed by atoms with Crippen LogP contribution in [0.3, 0.4) is 0 Å². The average Bonchev–Trinajstić information content (AvgIpc) is 3.54. The molecular formula is C32H33NO6. The van der Waals surface area contributed by atoms with Crippen LogP contribution in [-0.2, 0) is 29.4 Å². The number of imide groups is 1. The Morgan fingerprint density at radius 2 is 1.49 bits per heavy atom. The summed E-state index contributed by atoms with van der Waals surface area (Å²) in [4.78, 5) is 42.9. The largest absolute Gasteiger partial charge is 0.464 e. The molecule has 2 aliphatic rings. The molecule has 39 heavy (non-hydrogen) atoms. The Labute approximate surface area is 228 Å². The van der Waals surface area contributed by atoms with E-state index in [4.69, 9.17) is 14.2 Å². The topological polar surface area (TPSA) is 82.1 Å². The Balaban J connectivity index is 1.78. The smallest absolute Gasteiger partial charge is 0.416 e. The first-order chi connectivity index (χ1) is 18.9. The van der Waals surface area contributed by atoms with Crippen LogP contribution < -0.4 is 0 Å². The molecule has 7 nitrogen and oxygen atoms in total. The normalized spacial score (nSPS) is 26.5. The van der Waals surface area contributed by atoms with Crippen LogP contribution in [0.1, 0.15) is 49.5 Å². The molecule has 0 spiro atoms. The van der Waals surface area contributed by atoms with Crippen LogP contribution in [0.4, 0.5) is 4.79 Å². The van der Waals surface area contributed by atoms with Crippen molar-refractivity contribution >= 4 is 18.0 Å². The van der Waals surface area contributed by atoms with Crippen molar-refractivity contribution in [3.63, 3.8) is 0 Å². The van der Waals surface area contributed by atoms with Gasteiger partial charge in [0.15, 0.2) is 5.60 Å². The summed E-state index contributed by atoms with van der Waals surface area (Å²) in [7, 11) is 0. The van der Waals surface area contributed by atoms with Crippen molar-refractivity contribution < 1.29 is 28.6 Å². The zero-order chi connectivity index (χ0) is 27.6. The van der Waals surface area contributed by atoms with Gasteiger partial charge in [0.05, 0.1) is 24.7 Å². The molecule has 0 bridgehead atoms. The van der Waals surface area contributed by atoms with Crippen molar-refractivity contribution in [3.8, 4) is 0 Å². The van der Waals surface area contributed by atoms with E-state index in [0.29, 0.717) is 5.56 Å². The zero-order valence-electron chi connectivity index (χ0n) is 22.4. The number of benzene rings is 3. The molecule has 2 saturated heterocycles. The standard InChI is InChI=1S/C32H33NO6/c1-4-37-30(35)32(24-18-12-7-13-19-24)27(22-14-8-5-9-15-22)26(28(39-32)23-16-10-6-11-17-23)29(34)33-25(21(2)3)20-38-31(33)36/h5-19,21,25-28H,4,20H2,1-3H3/t25-,26+,27+,28+,32+/m1/s1. The SMILES string of the molecule is CCOC(=O)[C@@]1(c2ccccc2)O[C@@H](c2ccccc2)[C@@H](C(=O)N2C(=O)OC[C@@H]2C(C)C)[C@@H]1c1ccccc1. The maximum atomic E-state index is 14.6. The van der Waals surface area contributed by atoms with Crippen molar-refractivity contribution in [2.24, 2.45) is 11.8 Å². The van der Waals surface area contributed by atoms with E-state index in [1.165, 1.54) is 4.90 Å². The van der Waals surface area contributed by atoms with Crippen LogP contribution in [0.15, 0.2) is 91.0 Å². The first-order valence-electron chi connectivity index (χ1n) is 13.4. The predicted octanol–water partition coefficient (Wildman–Crippen LogP) is 5.62. The van der Waals surface area contributed by atoms with E-state index in [1.54, 1.807) is 6.92 Å². The van der Waals surface area contributed by atoms with E-state index in [2.05, 4.69) is 0 Å². The first-order valence-corrected chi connectivity index (χ1v) is 13.4. The number of rotatable bonds is 7. The molecule has 5 rings (SSSR count). The maximum Gasteiger partial charge on any atom is 0.416 e. The van der Waals surface area contributed by atoms with Crippen molar-refractivity contribution in [1.29, 1.82) is 0 Å². The molecule has 202 valence electrons. The van der Waals surface area contributed by atoms with Gasteiger partial charge in [0.1, 0.15) is 6.61 Å². The Morgan fingerprint density at radius 3 is 2.05 bits per heavy atom. The Bertz CT molecular complexity index is 1310. The number of hydrogen-bond donors (Lipinski definition) is 0. The molecule has 5 atom stereocenters. The van der Waals surface area contributed by atoms with Gasteiger partial charge < -0.3 is 14.2 Å². The number of cyclic esters (lactones) is 1. The third-order valence-electron chi connectivity index (χ3n) is 7.70. The minimum atomic E-state index is -1.64. The Kier molecular flexibility index (Phi) is 7.53.